The van der Waals surface area contributed by atoms with Crippen molar-refractivity contribution in [3.63, 3.8) is 0 Å². The van der Waals surface area contributed by atoms with E-state index in [1.54, 1.807) is 61.8 Å². The minimum atomic E-state index is -1.27. The zero-order valence-electron chi connectivity index (χ0n) is 19.6. The van der Waals surface area contributed by atoms with Crippen molar-refractivity contribution in [3.8, 4) is 11.5 Å². The molecule has 0 radical (unpaired) electrons. The number of carbonyl (C=O) groups is 1. The second kappa shape index (κ2) is 10.1. The smallest absolute Gasteiger partial charge is 0.191 e. The molecule has 0 aliphatic rings. The predicted molar refractivity (Wildman–Crippen MR) is 137 cm³/mol. The number of ketones is 1. The Labute approximate surface area is 209 Å². The number of carbonyl (C=O) groups excluding carboxylic acids is 1. The van der Waals surface area contributed by atoms with Gasteiger partial charge in [0.05, 0.1) is 19.7 Å². The minimum absolute atomic E-state index is 0.273. The molecule has 1 aromatic heterocycles. The summed E-state index contributed by atoms with van der Waals surface area (Å²) in [6.45, 7) is 1.66. The average Bonchev–Trinajstić information content (AvgIpc) is 3.29. The number of nitrogens with one attached hydrogen (secondary N) is 2. The van der Waals surface area contributed by atoms with Crippen LogP contribution in [0.15, 0.2) is 59.6 Å². The molecule has 0 amide bonds. The molecule has 0 aliphatic carbocycles. The van der Waals surface area contributed by atoms with Gasteiger partial charge >= 0.3 is 0 Å². The molecule has 0 saturated carbocycles. The van der Waals surface area contributed by atoms with Crippen molar-refractivity contribution in [1.82, 2.24) is 4.98 Å². The fraction of sp³-hybridized carbons (Fsp3) is 0.192. The third-order valence-corrected chi connectivity index (χ3v) is 6.98. The van der Waals surface area contributed by atoms with Crippen molar-refractivity contribution in [2.24, 2.45) is 0 Å². The fourth-order valence-electron chi connectivity index (χ4n) is 3.99. The van der Waals surface area contributed by atoms with Gasteiger partial charge in [-0.25, -0.2) is 4.39 Å². The summed E-state index contributed by atoms with van der Waals surface area (Å²) in [6.07, 6.45) is 3.14. The van der Waals surface area contributed by atoms with Gasteiger partial charge in [-0.15, -0.1) is 0 Å². The molecule has 0 saturated heterocycles. The topological polar surface area (TPSA) is 80.4 Å². The molecule has 0 aliphatic heterocycles. The number of methoxy groups -OCH3 is 2. The van der Waals surface area contributed by atoms with Gasteiger partial charge in [0.1, 0.15) is 23.4 Å². The number of anilines is 1. The minimum Gasteiger partial charge on any atom is -0.497 e. The van der Waals surface area contributed by atoms with E-state index in [0.717, 1.165) is 0 Å². The number of hydrogen-bond donors (Lipinski definition) is 2. The SMILES string of the molecule is COc1cc(NC(C(=O)c2c[nH]c3c(C)c(F)ccc23)c2ccc(Cl)cc2OC)cc(S(C)=O)c1. The third kappa shape index (κ3) is 4.90. The summed E-state index contributed by atoms with van der Waals surface area (Å²) >= 11 is 6.17. The molecule has 3 aromatic carbocycles. The van der Waals surface area contributed by atoms with Crippen LogP contribution in [0.5, 0.6) is 11.5 Å². The number of halogens is 2. The van der Waals surface area contributed by atoms with E-state index in [1.807, 2.05) is 0 Å². The molecular weight excluding hydrogens is 491 g/mol. The maximum atomic E-state index is 14.1. The number of fused-ring (bicyclic) bond motifs is 1. The first kappa shape index (κ1) is 24.8. The van der Waals surface area contributed by atoms with Crippen molar-refractivity contribution in [1.29, 1.82) is 0 Å². The maximum Gasteiger partial charge on any atom is 0.191 e. The summed E-state index contributed by atoms with van der Waals surface area (Å²) in [5.74, 6) is 0.286. The number of benzene rings is 3. The molecule has 2 unspecified atom stereocenters. The van der Waals surface area contributed by atoms with Crippen molar-refractivity contribution < 1.29 is 22.9 Å². The zero-order chi connectivity index (χ0) is 25.3. The van der Waals surface area contributed by atoms with E-state index in [2.05, 4.69) is 10.3 Å². The second-order valence-corrected chi connectivity index (χ2v) is 9.79. The van der Waals surface area contributed by atoms with E-state index in [9.17, 15) is 13.4 Å². The van der Waals surface area contributed by atoms with Gasteiger partial charge in [0, 0.05) is 67.0 Å². The number of aromatic nitrogens is 1. The van der Waals surface area contributed by atoms with Gasteiger partial charge in [0.15, 0.2) is 5.78 Å². The van der Waals surface area contributed by atoms with Crippen LogP contribution in [0.2, 0.25) is 5.02 Å². The highest BCUT2D eigenvalue weighted by atomic mass is 35.5. The summed E-state index contributed by atoms with van der Waals surface area (Å²) in [6, 6.07) is 12.1. The van der Waals surface area contributed by atoms with Crippen molar-refractivity contribution in [3.05, 3.63) is 82.3 Å². The number of hydrogen-bond acceptors (Lipinski definition) is 5. The van der Waals surface area contributed by atoms with Gasteiger partial charge in [-0.2, -0.15) is 0 Å². The van der Waals surface area contributed by atoms with Gasteiger partial charge in [-0.1, -0.05) is 17.7 Å². The number of rotatable bonds is 8. The van der Waals surface area contributed by atoms with E-state index in [-0.39, 0.29) is 11.6 Å². The van der Waals surface area contributed by atoms with Crippen molar-refractivity contribution in [2.45, 2.75) is 17.9 Å². The van der Waals surface area contributed by atoms with Gasteiger partial charge in [0.25, 0.3) is 0 Å². The Morgan fingerprint density at radius 1 is 1.11 bits per heavy atom. The first-order chi connectivity index (χ1) is 16.7. The van der Waals surface area contributed by atoms with E-state index >= 15 is 0 Å². The van der Waals surface area contributed by atoms with Crippen LogP contribution in [0.3, 0.4) is 0 Å². The lowest BCUT2D eigenvalue weighted by atomic mass is 9.95. The molecule has 4 aromatic rings. The average molecular weight is 515 g/mol. The summed E-state index contributed by atoms with van der Waals surface area (Å²) in [5.41, 5.74) is 2.46. The van der Waals surface area contributed by atoms with Crippen LogP contribution in [-0.4, -0.2) is 35.5 Å². The monoisotopic (exact) mass is 514 g/mol. The number of ether oxygens (including phenoxy) is 2. The lowest BCUT2D eigenvalue weighted by Gasteiger charge is -2.22. The molecule has 0 spiro atoms. The van der Waals surface area contributed by atoms with E-state index < -0.39 is 16.8 Å². The molecule has 2 N–H and O–H groups in total. The normalized spacial score (nSPS) is 12.9. The number of aromatic amines is 1. The molecule has 0 bridgehead atoms. The molecule has 4 rings (SSSR count). The lowest BCUT2D eigenvalue weighted by molar-refractivity contribution is 0.0970. The zero-order valence-corrected chi connectivity index (χ0v) is 21.1. The highest BCUT2D eigenvalue weighted by Crippen LogP contribution is 2.36. The first-order valence-corrected chi connectivity index (χ1v) is 12.6. The van der Waals surface area contributed by atoms with Gasteiger partial charge in [-0.3, -0.25) is 9.00 Å². The molecule has 35 heavy (non-hydrogen) atoms. The van der Waals surface area contributed by atoms with Gasteiger partial charge in [-0.05, 0) is 43.3 Å². The van der Waals surface area contributed by atoms with Crippen LogP contribution in [0.1, 0.15) is 27.5 Å². The predicted octanol–water partition coefficient (Wildman–Crippen LogP) is 6.06. The number of Topliss-reactive ketones (excluding diaryl/α,β-unsaturated/α-hetero) is 1. The fourth-order valence-corrected chi connectivity index (χ4v) is 4.73. The molecule has 9 heteroatoms. The second-order valence-electron chi connectivity index (χ2n) is 7.98. The maximum absolute atomic E-state index is 14.1. The van der Waals surface area contributed by atoms with Gasteiger partial charge < -0.3 is 19.8 Å². The van der Waals surface area contributed by atoms with E-state index in [0.29, 0.717) is 54.7 Å². The summed E-state index contributed by atoms with van der Waals surface area (Å²) in [4.78, 5) is 17.6. The number of aryl methyl sites for hydroxylation is 1. The highest BCUT2D eigenvalue weighted by Gasteiger charge is 2.28. The van der Waals surface area contributed by atoms with Crippen molar-refractivity contribution in [2.75, 3.05) is 25.8 Å². The molecular formula is C26H24ClFN2O4S. The summed E-state index contributed by atoms with van der Waals surface area (Å²) in [7, 11) is 1.74. The Balaban J connectivity index is 1.87. The van der Waals surface area contributed by atoms with Crippen LogP contribution in [0.25, 0.3) is 10.9 Å². The third-order valence-electron chi connectivity index (χ3n) is 5.84. The number of H-pyrrole nitrogens is 1. The summed E-state index contributed by atoms with van der Waals surface area (Å²) in [5, 5.41) is 4.33. The molecule has 182 valence electrons. The Kier molecular flexibility index (Phi) is 7.14. The van der Waals surface area contributed by atoms with Crippen LogP contribution in [0, 0.1) is 12.7 Å². The molecule has 1 heterocycles. The molecule has 2 atom stereocenters. The Hall–Kier alpha value is -3.36. The quantitative estimate of drug-likeness (QED) is 0.279. The van der Waals surface area contributed by atoms with E-state index in [1.165, 1.54) is 20.3 Å². The molecule has 6 nitrogen and oxygen atoms in total. The van der Waals surface area contributed by atoms with Crippen LogP contribution in [-0.2, 0) is 10.8 Å². The Morgan fingerprint density at radius 2 is 1.89 bits per heavy atom. The highest BCUT2D eigenvalue weighted by molar-refractivity contribution is 7.84. The van der Waals surface area contributed by atoms with Crippen LogP contribution < -0.4 is 14.8 Å². The Morgan fingerprint density at radius 3 is 2.57 bits per heavy atom. The largest absolute Gasteiger partial charge is 0.497 e. The van der Waals surface area contributed by atoms with Crippen LogP contribution in [0.4, 0.5) is 10.1 Å². The van der Waals surface area contributed by atoms with Gasteiger partial charge in [0.2, 0.25) is 0 Å². The van der Waals surface area contributed by atoms with E-state index in [4.69, 9.17) is 21.1 Å². The molecule has 0 fully saturated rings. The van der Waals surface area contributed by atoms with Crippen LogP contribution >= 0.6 is 11.6 Å². The van der Waals surface area contributed by atoms with Crippen molar-refractivity contribution >= 4 is 44.8 Å². The lowest BCUT2D eigenvalue weighted by Crippen LogP contribution is -2.22. The Bertz CT molecular complexity index is 1450. The summed E-state index contributed by atoms with van der Waals surface area (Å²) < 4.78 is 37.2. The standard InChI is InChI=1S/C26H24ClFN2O4S/c1-14-22(28)8-7-19-21(13-29-24(14)19)26(31)25(20-6-5-15(27)9-23(20)34-3)30-16-10-17(33-2)12-18(11-16)35(4)32/h5-13,25,29-30H,1-4H3. The first-order valence-electron chi connectivity index (χ1n) is 10.7.